The molecule has 3 rings (SSSR count). The van der Waals surface area contributed by atoms with Crippen LogP contribution in [-0.4, -0.2) is 57.4 Å². The van der Waals surface area contributed by atoms with Crippen molar-refractivity contribution < 1.29 is 27.2 Å². The zero-order valence-electron chi connectivity index (χ0n) is 15.1. The van der Waals surface area contributed by atoms with Crippen molar-refractivity contribution in [2.45, 2.75) is 11.3 Å². The summed E-state index contributed by atoms with van der Waals surface area (Å²) in [4.78, 5) is 23.9. The van der Waals surface area contributed by atoms with E-state index < -0.39 is 15.9 Å². The molecule has 0 radical (unpaired) electrons. The fourth-order valence-electron chi connectivity index (χ4n) is 2.68. The minimum absolute atomic E-state index is 0.0346. The third kappa shape index (κ3) is 4.97. The first-order valence-electron chi connectivity index (χ1n) is 8.76. The highest BCUT2D eigenvalue weighted by atomic mass is 32.2. The van der Waals surface area contributed by atoms with E-state index in [1.165, 1.54) is 28.8 Å². The second-order valence-corrected chi connectivity index (χ2v) is 8.01. The van der Waals surface area contributed by atoms with E-state index in [4.69, 9.17) is 9.15 Å². The number of furan rings is 1. The van der Waals surface area contributed by atoms with Crippen LogP contribution in [0.15, 0.2) is 52.0 Å². The molecule has 2 heterocycles. The van der Waals surface area contributed by atoms with Crippen LogP contribution in [0.3, 0.4) is 0 Å². The zero-order valence-corrected chi connectivity index (χ0v) is 15.9. The molecule has 0 spiro atoms. The molecule has 1 aliphatic heterocycles. The van der Waals surface area contributed by atoms with Crippen LogP contribution in [0.5, 0.6) is 0 Å². The van der Waals surface area contributed by atoms with Gasteiger partial charge in [-0.25, -0.2) is 8.42 Å². The summed E-state index contributed by atoms with van der Waals surface area (Å²) in [5, 5.41) is 5.22. The first-order valence-corrected chi connectivity index (χ1v) is 10.2. The number of ether oxygens (including phenoxy) is 1. The summed E-state index contributed by atoms with van der Waals surface area (Å²) in [5.74, 6) is -0.585. The van der Waals surface area contributed by atoms with Gasteiger partial charge in [0.15, 0.2) is 5.76 Å². The maximum Gasteiger partial charge on any atom is 0.286 e. The lowest BCUT2D eigenvalue weighted by atomic mass is 10.3. The fourth-order valence-corrected chi connectivity index (χ4v) is 4.13. The highest BCUT2D eigenvalue weighted by Crippen LogP contribution is 2.20. The van der Waals surface area contributed by atoms with Crippen LogP contribution >= 0.6 is 0 Å². The van der Waals surface area contributed by atoms with Gasteiger partial charge in [-0.15, -0.1) is 0 Å². The Morgan fingerprint density at radius 3 is 2.61 bits per heavy atom. The van der Waals surface area contributed by atoms with Gasteiger partial charge in [0.25, 0.3) is 5.91 Å². The minimum atomic E-state index is -3.64. The Labute approximate surface area is 162 Å². The second-order valence-electron chi connectivity index (χ2n) is 6.08. The Morgan fingerprint density at radius 2 is 1.89 bits per heavy atom. The van der Waals surface area contributed by atoms with Crippen molar-refractivity contribution >= 4 is 27.5 Å². The van der Waals surface area contributed by atoms with Crippen LogP contribution in [0.25, 0.3) is 0 Å². The van der Waals surface area contributed by atoms with Crippen LogP contribution < -0.4 is 10.6 Å². The van der Waals surface area contributed by atoms with Crippen LogP contribution in [-0.2, 0) is 19.6 Å². The van der Waals surface area contributed by atoms with E-state index in [0.29, 0.717) is 32.0 Å². The predicted octanol–water partition coefficient (Wildman–Crippen LogP) is 1.06. The van der Waals surface area contributed by atoms with E-state index >= 15 is 0 Å². The van der Waals surface area contributed by atoms with Gasteiger partial charge in [-0.2, -0.15) is 4.31 Å². The Morgan fingerprint density at radius 1 is 1.11 bits per heavy atom. The number of hydrogen-bond donors (Lipinski definition) is 2. The third-order valence-electron chi connectivity index (χ3n) is 4.11. The average Bonchev–Trinajstić information content (AvgIpc) is 3.24. The van der Waals surface area contributed by atoms with Gasteiger partial charge < -0.3 is 19.8 Å². The molecule has 1 aliphatic rings. The monoisotopic (exact) mass is 407 g/mol. The maximum atomic E-state index is 12.7. The van der Waals surface area contributed by atoms with Crippen molar-refractivity contribution in [2.75, 3.05) is 38.2 Å². The van der Waals surface area contributed by atoms with Crippen molar-refractivity contribution in [2.24, 2.45) is 0 Å². The number of nitrogens with zero attached hydrogens (tertiary/aromatic N) is 1. The van der Waals surface area contributed by atoms with Gasteiger partial charge in [0.1, 0.15) is 0 Å². The lowest BCUT2D eigenvalue weighted by Crippen LogP contribution is -2.40. The number of nitrogens with one attached hydrogen (secondary N) is 2. The lowest BCUT2D eigenvalue weighted by Gasteiger charge is -2.26. The molecular weight excluding hydrogens is 386 g/mol. The number of carbonyl (C=O) groups is 2. The first kappa shape index (κ1) is 20.1. The number of hydrogen-bond acceptors (Lipinski definition) is 6. The van der Waals surface area contributed by atoms with Gasteiger partial charge in [0, 0.05) is 31.7 Å². The molecule has 2 N–H and O–H groups in total. The van der Waals surface area contributed by atoms with E-state index in [-0.39, 0.29) is 29.5 Å². The summed E-state index contributed by atoms with van der Waals surface area (Å²) in [6.45, 7) is 1.44. The van der Waals surface area contributed by atoms with Gasteiger partial charge in [-0.05, 0) is 30.3 Å². The summed E-state index contributed by atoms with van der Waals surface area (Å²) in [6.07, 6.45) is 1.42. The summed E-state index contributed by atoms with van der Waals surface area (Å²) < 4.78 is 36.9. The largest absolute Gasteiger partial charge is 0.459 e. The normalized spacial score (nSPS) is 15.1. The Kier molecular flexibility index (Phi) is 6.45. The molecule has 2 aromatic rings. The third-order valence-corrected chi connectivity index (χ3v) is 6.00. The molecule has 0 aliphatic carbocycles. The van der Waals surface area contributed by atoms with Gasteiger partial charge in [0.05, 0.1) is 24.4 Å². The number of anilines is 1. The molecule has 9 nitrogen and oxygen atoms in total. The molecule has 0 saturated carbocycles. The van der Waals surface area contributed by atoms with Crippen molar-refractivity contribution in [1.29, 1.82) is 0 Å². The topological polar surface area (TPSA) is 118 Å². The van der Waals surface area contributed by atoms with E-state index in [0.717, 1.165) is 0 Å². The van der Waals surface area contributed by atoms with Gasteiger partial charge in [-0.3, -0.25) is 9.59 Å². The van der Waals surface area contributed by atoms with E-state index in [9.17, 15) is 18.0 Å². The number of rotatable bonds is 7. The second kappa shape index (κ2) is 9.00. The first-order chi connectivity index (χ1) is 13.5. The smallest absolute Gasteiger partial charge is 0.286 e. The molecule has 1 aromatic heterocycles. The molecule has 0 atom stereocenters. The quantitative estimate of drug-likeness (QED) is 0.709. The number of morpholine rings is 1. The molecule has 10 heteroatoms. The standard InChI is InChI=1S/C18H21N3O6S/c22-17(6-7-19-18(23)16-5-2-10-27-16)20-14-3-1-4-15(13-14)28(24,25)21-8-11-26-12-9-21/h1-5,10,13H,6-9,11-12H2,(H,19,23)(H,20,22). The van der Waals surface area contributed by atoms with Crippen LogP contribution in [0, 0.1) is 0 Å². The summed E-state index contributed by atoms with van der Waals surface area (Å²) >= 11 is 0. The molecular formula is C18H21N3O6S. The number of carbonyl (C=O) groups excluding carboxylic acids is 2. The Balaban J connectivity index is 1.55. The highest BCUT2D eigenvalue weighted by molar-refractivity contribution is 7.89. The minimum Gasteiger partial charge on any atom is -0.459 e. The van der Waals surface area contributed by atoms with Gasteiger partial charge >= 0.3 is 0 Å². The van der Waals surface area contributed by atoms with E-state index in [1.807, 2.05) is 0 Å². The van der Waals surface area contributed by atoms with Crippen LogP contribution in [0.4, 0.5) is 5.69 Å². The van der Waals surface area contributed by atoms with Crippen molar-refractivity contribution in [3.8, 4) is 0 Å². The SMILES string of the molecule is O=C(CCNC(=O)c1ccco1)Nc1cccc(S(=O)(=O)N2CCOCC2)c1. The molecule has 1 fully saturated rings. The van der Waals surface area contributed by atoms with Crippen molar-refractivity contribution in [1.82, 2.24) is 9.62 Å². The molecule has 0 bridgehead atoms. The Hall–Kier alpha value is -2.69. The molecule has 1 aromatic carbocycles. The number of sulfonamides is 1. The highest BCUT2D eigenvalue weighted by Gasteiger charge is 2.26. The molecule has 0 unspecified atom stereocenters. The lowest BCUT2D eigenvalue weighted by molar-refractivity contribution is -0.116. The fraction of sp³-hybridized carbons (Fsp3) is 0.333. The summed E-state index contributed by atoms with van der Waals surface area (Å²) in [6, 6.07) is 9.21. The van der Waals surface area contributed by atoms with Gasteiger partial charge in [0.2, 0.25) is 15.9 Å². The summed E-state index contributed by atoms with van der Waals surface area (Å²) in [7, 11) is -3.64. The van der Waals surface area contributed by atoms with E-state index in [2.05, 4.69) is 10.6 Å². The average molecular weight is 407 g/mol. The summed E-state index contributed by atoms with van der Waals surface area (Å²) in [5.41, 5.74) is 0.372. The van der Waals surface area contributed by atoms with Crippen molar-refractivity contribution in [3.05, 3.63) is 48.4 Å². The predicted molar refractivity (Wildman–Crippen MR) is 100 cm³/mol. The molecule has 150 valence electrons. The zero-order chi connectivity index (χ0) is 20.0. The molecule has 28 heavy (non-hydrogen) atoms. The van der Waals surface area contributed by atoms with Crippen LogP contribution in [0.2, 0.25) is 0 Å². The maximum absolute atomic E-state index is 12.7. The molecule has 1 saturated heterocycles. The van der Waals surface area contributed by atoms with Crippen molar-refractivity contribution in [3.63, 3.8) is 0 Å². The molecule has 2 amide bonds. The number of amides is 2. The van der Waals surface area contributed by atoms with Gasteiger partial charge in [-0.1, -0.05) is 6.07 Å². The Bertz CT molecular complexity index is 921. The number of benzene rings is 1. The van der Waals surface area contributed by atoms with E-state index in [1.54, 1.807) is 18.2 Å². The van der Waals surface area contributed by atoms with Crippen LogP contribution in [0.1, 0.15) is 17.0 Å².